The molecule has 2 saturated heterocycles. The summed E-state index contributed by atoms with van der Waals surface area (Å²) in [5.74, 6) is -0.260. The van der Waals surface area contributed by atoms with Crippen molar-refractivity contribution >= 4 is 25.4 Å². The molecule has 1 aliphatic carbocycles. The van der Waals surface area contributed by atoms with E-state index < -0.39 is 20.4 Å². The number of rotatable bonds is 10. The molecule has 0 spiro atoms. The SMILES string of the molecule is CC(C)(C)[C@@H]1[C@H]2COC(=O)C(CO[SiH](c3ccccc3)c3ccccc3)[C@]2(Cc2ccc(-c3ccccc3)cc2)C[C@H]1OC1CCCCO1. The number of hydrogen-bond acceptors (Lipinski definition) is 5. The highest BCUT2D eigenvalue weighted by atomic mass is 28.3. The summed E-state index contributed by atoms with van der Waals surface area (Å²) in [6.45, 7) is 8.41. The van der Waals surface area contributed by atoms with Gasteiger partial charge in [0.15, 0.2) is 6.29 Å². The average molecular weight is 675 g/mol. The molecule has 0 N–H and O–H groups in total. The first-order valence-corrected chi connectivity index (χ1v) is 19.7. The average Bonchev–Trinajstić information content (AvgIpc) is 3.45. The predicted octanol–water partition coefficient (Wildman–Crippen LogP) is 7.20. The first kappa shape index (κ1) is 33.9. The van der Waals surface area contributed by atoms with E-state index in [4.69, 9.17) is 18.6 Å². The lowest BCUT2D eigenvalue weighted by atomic mass is 9.60. The van der Waals surface area contributed by atoms with Crippen LogP contribution in [0, 0.1) is 28.6 Å². The van der Waals surface area contributed by atoms with Crippen molar-refractivity contribution in [2.75, 3.05) is 19.8 Å². The number of carbonyl (C=O) groups excluding carboxylic acids is 1. The van der Waals surface area contributed by atoms with E-state index in [0.29, 0.717) is 13.2 Å². The lowest BCUT2D eigenvalue weighted by Crippen LogP contribution is -2.54. The highest BCUT2D eigenvalue weighted by Crippen LogP contribution is 2.61. The molecular formula is C43H50O5Si. The fraction of sp³-hybridized carbons (Fsp3) is 0.419. The molecule has 6 atom stereocenters. The van der Waals surface area contributed by atoms with E-state index in [2.05, 4.69) is 118 Å². The van der Waals surface area contributed by atoms with E-state index >= 15 is 0 Å². The first-order valence-electron chi connectivity index (χ1n) is 18.1. The lowest BCUT2D eigenvalue weighted by Gasteiger charge is -2.48. The van der Waals surface area contributed by atoms with Crippen molar-refractivity contribution in [1.29, 1.82) is 0 Å². The van der Waals surface area contributed by atoms with E-state index in [-0.39, 0.29) is 35.6 Å². The molecule has 49 heavy (non-hydrogen) atoms. The smallest absolute Gasteiger partial charge is 0.311 e. The fourth-order valence-electron chi connectivity index (χ4n) is 8.97. The molecule has 6 heteroatoms. The summed E-state index contributed by atoms with van der Waals surface area (Å²) in [5, 5.41) is 2.41. The topological polar surface area (TPSA) is 54.0 Å². The molecule has 2 aliphatic heterocycles. The van der Waals surface area contributed by atoms with Gasteiger partial charge in [-0.15, -0.1) is 0 Å². The molecule has 0 bridgehead atoms. The number of fused-ring (bicyclic) bond motifs is 1. The summed E-state index contributed by atoms with van der Waals surface area (Å²) in [5.41, 5.74) is 3.16. The minimum absolute atomic E-state index is 0.0509. The van der Waals surface area contributed by atoms with Gasteiger partial charge in [0.1, 0.15) is 0 Å². The molecule has 0 aromatic heterocycles. The molecule has 1 saturated carbocycles. The number of carbonyl (C=O) groups is 1. The van der Waals surface area contributed by atoms with Crippen molar-refractivity contribution in [3.8, 4) is 11.1 Å². The normalized spacial score (nSPS) is 27.1. The standard InChI is InChI=1S/C43H50O5Si/c1-42(2,3)40-36-29-46-41(44)37(30-47-49(34-17-9-5-10-18-34)35-19-11-6-12-20-35)43(36,28-38(40)48-39-21-13-14-26-45-39)27-31-22-24-33(25-23-31)32-15-7-4-8-16-32/h4-12,15-20,22-25,36-40,49H,13-14,21,26-30H2,1-3H3/t36-,37?,38-,39?,40-,43-/m1/s1. The summed E-state index contributed by atoms with van der Waals surface area (Å²) >= 11 is 0. The largest absolute Gasteiger partial charge is 0.465 e. The molecule has 4 aromatic carbocycles. The molecule has 256 valence electrons. The van der Waals surface area contributed by atoms with E-state index in [1.807, 2.05) is 18.2 Å². The highest BCUT2D eigenvalue weighted by molar-refractivity contribution is 6.80. The molecule has 4 aromatic rings. The van der Waals surface area contributed by atoms with E-state index in [9.17, 15) is 4.79 Å². The van der Waals surface area contributed by atoms with Gasteiger partial charge in [-0.3, -0.25) is 4.79 Å². The van der Waals surface area contributed by atoms with Gasteiger partial charge < -0.3 is 18.6 Å². The van der Waals surface area contributed by atoms with Gasteiger partial charge in [-0.2, -0.15) is 0 Å². The van der Waals surface area contributed by atoms with Gasteiger partial charge in [0.25, 0.3) is 0 Å². The van der Waals surface area contributed by atoms with Gasteiger partial charge in [0.05, 0.1) is 18.6 Å². The van der Waals surface area contributed by atoms with Crippen LogP contribution < -0.4 is 10.4 Å². The van der Waals surface area contributed by atoms with Crippen LogP contribution in [0.25, 0.3) is 11.1 Å². The van der Waals surface area contributed by atoms with Crippen LogP contribution in [0.4, 0.5) is 0 Å². The Hall–Kier alpha value is -3.55. The molecule has 7 rings (SSSR count). The monoisotopic (exact) mass is 674 g/mol. The molecule has 5 nitrogen and oxygen atoms in total. The van der Waals surface area contributed by atoms with Gasteiger partial charge in [-0.25, -0.2) is 0 Å². The lowest BCUT2D eigenvalue weighted by molar-refractivity contribution is -0.203. The Bertz CT molecular complexity index is 1610. The van der Waals surface area contributed by atoms with Gasteiger partial charge in [-0.05, 0) is 75.9 Å². The number of hydrogen-bond donors (Lipinski definition) is 0. The van der Waals surface area contributed by atoms with Crippen LogP contribution in [-0.4, -0.2) is 47.2 Å². The van der Waals surface area contributed by atoms with Crippen LogP contribution in [0.1, 0.15) is 52.0 Å². The van der Waals surface area contributed by atoms with Crippen LogP contribution in [0.2, 0.25) is 0 Å². The van der Waals surface area contributed by atoms with Gasteiger partial charge in [0.2, 0.25) is 9.04 Å². The van der Waals surface area contributed by atoms with Crippen molar-refractivity contribution < 1.29 is 23.4 Å². The van der Waals surface area contributed by atoms with Crippen molar-refractivity contribution in [1.82, 2.24) is 0 Å². The summed E-state index contributed by atoms with van der Waals surface area (Å²) < 4.78 is 26.3. The van der Waals surface area contributed by atoms with Crippen LogP contribution in [-0.2, 0) is 29.9 Å². The first-order chi connectivity index (χ1) is 23.8. The molecule has 0 amide bonds. The van der Waals surface area contributed by atoms with Crippen LogP contribution >= 0.6 is 0 Å². The Kier molecular flexibility index (Phi) is 10.2. The maximum absolute atomic E-state index is 14.2. The Morgan fingerprint density at radius 1 is 0.796 bits per heavy atom. The van der Waals surface area contributed by atoms with Crippen LogP contribution in [0.3, 0.4) is 0 Å². The molecule has 3 aliphatic rings. The molecular weight excluding hydrogens is 625 g/mol. The minimum atomic E-state index is -2.10. The predicted molar refractivity (Wildman–Crippen MR) is 197 cm³/mol. The van der Waals surface area contributed by atoms with Crippen molar-refractivity contribution in [3.05, 3.63) is 121 Å². The summed E-state index contributed by atoms with van der Waals surface area (Å²) in [7, 11) is -2.10. The van der Waals surface area contributed by atoms with Crippen molar-refractivity contribution in [3.63, 3.8) is 0 Å². The third-order valence-electron chi connectivity index (χ3n) is 11.2. The fourth-order valence-corrected chi connectivity index (χ4v) is 11.3. The summed E-state index contributed by atoms with van der Waals surface area (Å²) in [4.78, 5) is 14.2. The third-order valence-corrected chi connectivity index (χ3v) is 13.7. The van der Waals surface area contributed by atoms with Crippen molar-refractivity contribution in [2.45, 2.75) is 65.3 Å². The summed E-state index contributed by atoms with van der Waals surface area (Å²) in [6, 6.07) is 40.5. The zero-order chi connectivity index (χ0) is 33.8. The summed E-state index contributed by atoms with van der Waals surface area (Å²) in [6.07, 6.45) is 4.38. The third kappa shape index (κ3) is 7.34. The van der Waals surface area contributed by atoms with Gasteiger partial charge in [-0.1, -0.05) is 136 Å². The number of ether oxygens (including phenoxy) is 3. The highest BCUT2D eigenvalue weighted by Gasteiger charge is 2.64. The second-order valence-electron chi connectivity index (χ2n) is 15.4. The Labute approximate surface area is 293 Å². The van der Waals surface area contributed by atoms with Crippen molar-refractivity contribution in [2.24, 2.45) is 28.6 Å². The Balaban J connectivity index is 1.26. The van der Waals surface area contributed by atoms with Crippen LogP contribution in [0.15, 0.2) is 115 Å². The van der Waals surface area contributed by atoms with E-state index in [0.717, 1.165) is 38.7 Å². The Morgan fingerprint density at radius 3 is 2.00 bits per heavy atom. The second-order valence-corrected chi connectivity index (χ2v) is 17.8. The zero-order valence-corrected chi connectivity index (χ0v) is 30.3. The molecule has 2 unspecified atom stereocenters. The Morgan fingerprint density at radius 2 is 1.41 bits per heavy atom. The zero-order valence-electron chi connectivity index (χ0n) is 29.1. The molecule has 2 heterocycles. The van der Waals surface area contributed by atoms with E-state index in [1.54, 1.807) is 0 Å². The van der Waals surface area contributed by atoms with Gasteiger partial charge in [0, 0.05) is 19.1 Å². The van der Waals surface area contributed by atoms with Crippen LogP contribution in [0.5, 0.6) is 0 Å². The number of benzene rings is 4. The number of cyclic esters (lactones) is 1. The quantitative estimate of drug-likeness (QED) is 0.132. The molecule has 3 fully saturated rings. The minimum Gasteiger partial charge on any atom is -0.465 e. The molecule has 0 radical (unpaired) electrons. The maximum atomic E-state index is 14.2. The second kappa shape index (κ2) is 14.7. The van der Waals surface area contributed by atoms with E-state index in [1.165, 1.54) is 27.1 Å². The maximum Gasteiger partial charge on any atom is 0.311 e. The number of esters is 1. The van der Waals surface area contributed by atoms with Gasteiger partial charge >= 0.3 is 5.97 Å².